The first-order valence-electron chi connectivity index (χ1n) is 8.74. The van der Waals surface area contributed by atoms with Crippen molar-refractivity contribution in [2.75, 3.05) is 10.5 Å². The van der Waals surface area contributed by atoms with Gasteiger partial charge in [-0.15, -0.1) is 0 Å². The molecule has 0 heterocycles. The molecule has 0 amide bonds. The second-order valence-electron chi connectivity index (χ2n) is 7.03. The fourth-order valence-electron chi connectivity index (χ4n) is 3.17. The van der Waals surface area contributed by atoms with Crippen LogP contribution in [0.15, 0.2) is 62.0 Å². The molecular weight excluding hydrogens is 536 g/mol. The minimum atomic E-state index is -5.34. The average molecular weight is 553 g/mol. The number of hydrogen-bond acceptors (Lipinski definition) is 9. The van der Waals surface area contributed by atoms with Gasteiger partial charge in [0.15, 0.2) is 0 Å². The highest BCUT2D eigenvalue weighted by atomic mass is 32.2. The fraction of sp³-hybridized carbons (Fsp3) is 0.0588. The number of nitrogens with two attached hydrogens (primary N) is 1. The molecule has 0 aliphatic rings. The summed E-state index contributed by atoms with van der Waals surface area (Å²) in [7, 11) is -20.2. The zero-order valence-electron chi connectivity index (χ0n) is 16.9. The highest BCUT2D eigenvalue weighted by Crippen LogP contribution is 2.38. The van der Waals surface area contributed by atoms with Gasteiger partial charge in [-0.2, -0.15) is 25.3 Å². The lowest BCUT2D eigenvalue weighted by molar-refractivity contribution is 0.478. The maximum Gasteiger partial charge on any atom is 0.295 e. The molecule has 6 N–H and O–H groups in total. The molecule has 0 bridgehead atoms. The number of nitrogen functional groups attached to an aromatic ring is 1. The Morgan fingerprint density at radius 1 is 0.706 bits per heavy atom. The third-order valence-corrected chi connectivity index (χ3v) is 8.63. The highest BCUT2D eigenvalue weighted by molar-refractivity contribution is 7.93. The molecule has 13 nitrogen and oxygen atoms in total. The molecule has 0 spiro atoms. The van der Waals surface area contributed by atoms with Crippen LogP contribution in [0.2, 0.25) is 0 Å². The molecule has 0 aliphatic heterocycles. The summed E-state index contributed by atoms with van der Waals surface area (Å²) in [6, 6.07) is 6.13. The van der Waals surface area contributed by atoms with Gasteiger partial charge in [-0.25, -0.2) is 8.42 Å². The second kappa shape index (κ2) is 8.15. The van der Waals surface area contributed by atoms with E-state index >= 15 is 0 Å². The molecule has 17 heteroatoms. The number of benzene rings is 3. The van der Waals surface area contributed by atoms with Gasteiger partial charge in [-0.3, -0.25) is 18.4 Å². The van der Waals surface area contributed by atoms with E-state index in [9.17, 15) is 47.3 Å². The van der Waals surface area contributed by atoms with Gasteiger partial charge in [0.05, 0.1) is 16.3 Å². The Balaban J connectivity index is 2.48. The summed E-state index contributed by atoms with van der Waals surface area (Å²) in [6.07, 6.45) is 0. The summed E-state index contributed by atoms with van der Waals surface area (Å²) in [5.41, 5.74) is 5.61. The molecule has 0 fully saturated rings. The molecular formula is C17H16N2O11S4. The van der Waals surface area contributed by atoms with Gasteiger partial charge in [0.2, 0.25) is 0 Å². The van der Waals surface area contributed by atoms with E-state index in [0.29, 0.717) is 23.8 Å². The van der Waals surface area contributed by atoms with Crippen LogP contribution in [0.1, 0.15) is 5.56 Å². The minimum Gasteiger partial charge on any atom is -0.398 e. The normalized spacial score (nSPS) is 13.2. The maximum absolute atomic E-state index is 12.9. The predicted octanol–water partition coefficient (Wildman–Crippen LogP) is 1.27. The lowest BCUT2D eigenvalue weighted by atomic mass is 10.1. The Kier molecular flexibility index (Phi) is 6.19. The molecule has 3 aromatic rings. The minimum absolute atomic E-state index is 0.171. The Labute approximate surface area is 194 Å². The molecule has 0 aromatic heterocycles. The van der Waals surface area contributed by atoms with Crippen molar-refractivity contribution in [1.82, 2.24) is 0 Å². The lowest BCUT2D eigenvalue weighted by Gasteiger charge is -2.16. The van der Waals surface area contributed by atoms with E-state index in [2.05, 4.69) is 0 Å². The molecule has 3 aromatic carbocycles. The van der Waals surface area contributed by atoms with E-state index in [-0.39, 0.29) is 5.69 Å². The summed E-state index contributed by atoms with van der Waals surface area (Å²) < 4.78 is 127. The topological polar surface area (TPSA) is 235 Å². The highest BCUT2D eigenvalue weighted by Gasteiger charge is 2.28. The molecule has 0 unspecified atom stereocenters. The molecule has 0 saturated heterocycles. The van der Waals surface area contributed by atoms with Crippen molar-refractivity contribution in [3.63, 3.8) is 0 Å². The number of rotatable bonds is 6. The van der Waals surface area contributed by atoms with Crippen molar-refractivity contribution >= 4 is 62.5 Å². The Morgan fingerprint density at radius 3 is 1.76 bits per heavy atom. The summed E-state index contributed by atoms with van der Waals surface area (Å²) >= 11 is 0. The number of anilines is 2. The van der Waals surface area contributed by atoms with Crippen LogP contribution in [-0.2, 0) is 40.4 Å². The van der Waals surface area contributed by atoms with Crippen LogP contribution < -0.4 is 10.5 Å². The molecule has 0 saturated carbocycles. The second-order valence-corrected chi connectivity index (χ2v) is 12.9. The van der Waals surface area contributed by atoms with Crippen molar-refractivity contribution in [1.29, 1.82) is 0 Å². The number of nitrogens with one attached hydrogen (secondary N) is 1. The van der Waals surface area contributed by atoms with E-state index in [1.807, 2.05) is 4.72 Å². The first kappa shape index (κ1) is 25.8. The van der Waals surface area contributed by atoms with Crippen LogP contribution in [0, 0.1) is 6.92 Å². The van der Waals surface area contributed by atoms with E-state index in [1.54, 1.807) is 6.92 Å². The molecule has 34 heavy (non-hydrogen) atoms. The SMILES string of the molecule is Cc1ccc(S(=O)(=O)Nc2ccc(S(=O)(=O)O)c3cc(S(=O)(=O)O)cc(S(=O)(=O)O)c23)c(N)c1. The summed E-state index contributed by atoms with van der Waals surface area (Å²) in [5.74, 6) is 0. The van der Waals surface area contributed by atoms with E-state index in [4.69, 9.17) is 5.73 Å². The van der Waals surface area contributed by atoms with E-state index in [0.717, 1.165) is 12.1 Å². The van der Waals surface area contributed by atoms with Crippen LogP contribution in [-0.4, -0.2) is 47.3 Å². The monoisotopic (exact) mass is 552 g/mol. The standard InChI is InChI=1S/C17H16N2O11S4/c1-9-2-4-15(12(18)6-9)31(20,21)19-13-3-5-14(33(25,26)27)11-7-10(32(22,23)24)8-16(17(11)13)34(28,29)30/h2-8,19H,18H2,1H3,(H,22,23,24)(H,25,26,27)(H,28,29,30). The van der Waals surface area contributed by atoms with Gasteiger partial charge in [-0.05, 0) is 48.9 Å². The quantitative estimate of drug-likeness (QED) is 0.215. The Hall–Kier alpha value is -2.80. The van der Waals surface area contributed by atoms with Gasteiger partial charge in [0.25, 0.3) is 40.4 Å². The first-order valence-corrected chi connectivity index (χ1v) is 14.5. The number of fused-ring (bicyclic) bond motifs is 1. The van der Waals surface area contributed by atoms with Crippen LogP contribution in [0.25, 0.3) is 10.8 Å². The van der Waals surface area contributed by atoms with Crippen molar-refractivity contribution in [2.45, 2.75) is 26.5 Å². The Morgan fingerprint density at radius 2 is 1.26 bits per heavy atom. The van der Waals surface area contributed by atoms with Crippen LogP contribution in [0.4, 0.5) is 11.4 Å². The van der Waals surface area contributed by atoms with Gasteiger partial charge in [0.1, 0.15) is 14.7 Å². The van der Waals surface area contributed by atoms with Gasteiger partial charge in [0, 0.05) is 10.8 Å². The van der Waals surface area contributed by atoms with Gasteiger partial charge >= 0.3 is 0 Å². The molecule has 0 aliphatic carbocycles. The smallest absolute Gasteiger partial charge is 0.295 e. The van der Waals surface area contributed by atoms with E-state index in [1.165, 1.54) is 12.1 Å². The van der Waals surface area contributed by atoms with Crippen molar-refractivity contribution in [2.24, 2.45) is 0 Å². The molecule has 0 atom stereocenters. The van der Waals surface area contributed by atoms with Gasteiger partial charge < -0.3 is 5.73 Å². The third kappa shape index (κ3) is 4.99. The number of aryl methyl sites for hydroxylation is 1. The van der Waals surface area contributed by atoms with Crippen LogP contribution in [0.3, 0.4) is 0 Å². The Bertz CT molecular complexity index is 1780. The fourth-order valence-corrected chi connectivity index (χ4v) is 6.40. The number of hydrogen-bond donors (Lipinski definition) is 5. The maximum atomic E-state index is 12.9. The summed E-state index contributed by atoms with van der Waals surface area (Å²) in [6.45, 7) is 1.65. The molecule has 0 radical (unpaired) electrons. The van der Waals surface area contributed by atoms with Crippen molar-refractivity contribution in [3.05, 3.63) is 48.0 Å². The van der Waals surface area contributed by atoms with E-state index < -0.39 is 76.4 Å². The first-order chi connectivity index (χ1) is 15.3. The van der Waals surface area contributed by atoms with Gasteiger partial charge in [-0.1, -0.05) is 6.07 Å². The molecule has 184 valence electrons. The zero-order chi connectivity index (χ0) is 25.9. The summed E-state index contributed by atoms with van der Waals surface area (Å²) in [5, 5.41) is -1.64. The van der Waals surface area contributed by atoms with Crippen molar-refractivity contribution in [3.8, 4) is 0 Å². The predicted molar refractivity (Wildman–Crippen MR) is 120 cm³/mol. The average Bonchev–Trinajstić information content (AvgIpc) is 2.64. The molecule has 3 rings (SSSR count). The zero-order valence-corrected chi connectivity index (χ0v) is 20.1. The largest absolute Gasteiger partial charge is 0.398 e. The van der Waals surface area contributed by atoms with Crippen LogP contribution in [0.5, 0.6) is 0 Å². The lowest BCUT2D eigenvalue weighted by Crippen LogP contribution is -2.16. The van der Waals surface area contributed by atoms with Crippen LogP contribution >= 0.6 is 0 Å². The third-order valence-electron chi connectivity index (χ3n) is 4.56. The summed E-state index contributed by atoms with van der Waals surface area (Å²) in [4.78, 5) is -3.87. The number of sulfonamides is 1. The van der Waals surface area contributed by atoms with Crippen molar-refractivity contribution < 1.29 is 47.3 Å².